The summed E-state index contributed by atoms with van der Waals surface area (Å²) < 4.78 is 34.5. The minimum absolute atomic E-state index is 0.0183. The van der Waals surface area contributed by atoms with Crippen LogP contribution in [-0.4, -0.2) is 44.3 Å². The lowest BCUT2D eigenvalue weighted by molar-refractivity contribution is -0.555. The largest absolute Gasteiger partial charge is 0.634 e. The Kier molecular flexibility index (Phi) is 5.69. The zero-order valence-corrected chi connectivity index (χ0v) is 18.6. The van der Waals surface area contributed by atoms with Crippen LogP contribution in [0.3, 0.4) is 0 Å². The van der Waals surface area contributed by atoms with Gasteiger partial charge in [-0.1, -0.05) is 68.9 Å². The molecule has 28 heavy (non-hydrogen) atoms. The topological polar surface area (TPSA) is 80.3 Å². The Morgan fingerprint density at radius 2 is 1.57 bits per heavy atom. The van der Waals surface area contributed by atoms with Gasteiger partial charge in [0.15, 0.2) is 0 Å². The summed E-state index contributed by atoms with van der Waals surface area (Å²) in [5, 5.41) is 2.10. The zero-order valence-electron chi connectivity index (χ0n) is 17.8. The molecule has 2 aliphatic rings. The van der Waals surface area contributed by atoms with E-state index in [1.165, 1.54) is 0 Å². The number of aryl methyl sites for hydroxylation is 1. The van der Waals surface area contributed by atoms with Gasteiger partial charge in [0.1, 0.15) is 6.04 Å². The monoisotopic (exact) mass is 408 g/mol. The van der Waals surface area contributed by atoms with Gasteiger partial charge in [-0.3, -0.25) is 4.79 Å². The smallest absolute Gasteiger partial charge is 0.393 e. The van der Waals surface area contributed by atoms with E-state index in [-0.39, 0.29) is 35.5 Å². The second-order valence-corrected chi connectivity index (χ2v) is 11.3. The van der Waals surface area contributed by atoms with Crippen LogP contribution in [0.4, 0.5) is 0 Å². The first-order chi connectivity index (χ1) is 13.0. The van der Waals surface area contributed by atoms with Crippen molar-refractivity contribution in [2.45, 2.75) is 64.1 Å². The van der Waals surface area contributed by atoms with Crippen LogP contribution >= 0.6 is 0 Å². The number of sulfonamides is 1. The van der Waals surface area contributed by atoms with Crippen molar-refractivity contribution >= 4 is 22.5 Å². The van der Waals surface area contributed by atoms with Gasteiger partial charge >= 0.3 is 12.5 Å². The summed E-state index contributed by atoms with van der Waals surface area (Å²) in [6, 6.07) is 6.78. The lowest BCUT2D eigenvalue weighted by Gasteiger charge is -2.53. The molecule has 8 heteroatoms. The molecule has 2 aliphatic heterocycles. The van der Waals surface area contributed by atoms with Gasteiger partial charge in [0.25, 0.3) is 0 Å². The van der Waals surface area contributed by atoms with E-state index in [0.717, 1.165) is 5.56 Å². The van der Waals surface area contributed by atoms with E-state index >= 15 is 0 Å². The third-order valence-electron chi connectivity index (χ3n) is 6.82. The third-order valence-corrected chi connectivity index (χ3v) is 8.67. The zero-order chi connectivity index (χ0) is 20.9. The van der Waals surface area contributed by atoms with Gasteiger partial charge in [0.2, 0.25) is 10.0 Å². The first-order valence-electron chi connectivity index (χ1n) is 10.3. The van der Waals surface area contributed by atoms with Crippen molar-refractivity contribution in [3.8, 4) is 0 Å². The van der Waals surface area contributed by atoms with Crippen LogP contribution in [-0.2, 0) is 19.5 Å². The van der Waals surface area contributed by atoms with Crippen LogP contribution in [0.15, 0.2) is 29.2 Å². The average molecular weight is 408 g/mol. The molecule has 2 heterocycles. The summed E-state index contributed by atoms with van der Waals surface area (Å²) in [6.07, 6.45) is 0. The lowest BCUT2D eigenvalue weighted by atomic mass is 9.30. The van der Waals surface area contributed by atoms with E-state index < -0.39 is 16.5 Å². The van der Waals surface area contributed by atoms with Gasteiger partial charge < -0.3 is 9.88 Å². The molecule has 6 nitrogen and oxygen atoms in total. The van der Waals surface area contributed by atoms with Gasteiger partial charge in [0, 0.05) is 0 Å². The Morgan fingerprint density at radius 1 is 1.07 bits per heavy atom. The van der Waals surface area contributed by atoms with Crippen LogP contribution in [0.1, 0.15) is 40.2 Å². The molecule has 2 N–H and O–H groups in total. The highest BCUT2D eigenvalue weighted by Crippen LogP contribution is 2.46. The Bertz CT molecular complexity index is 820. The SMILES string of the molecule is Cc1ccc(S(=O)(=O)N2C[C@@H](C(C)C)[B-]3([NH2+][C@@H](C)C(=O)O3)[C@H](C(C)C)C2)cc1. The molecule has 0 amide bonds. The highest BCUT2D eigenvalue weighted by atomic mass is 32.2. The van der Waals surface area contributed by atoms with Gasteiger partial charge in [0.05, 0.1) is 4.90 Å². The molecule has 2 fully saturated rings. The van der Waals surface area contributed by atoms with Crippen molar-refractivity contribution < 1.29 is 23.1 Å². The number of quaternary nitrogens is 1. The van der Waals surface area contributed by atoms with E-state index in [1.54, 1.807) is 16.4 Å². The second kappa shape index (κ2) is 7.46. The van der Waals surface area contributed by atoms with Crippen LogP contribution in [0.25, 0.3) is 0 Å². The number of rotatable bonds is 4. The Balaban J connectivity index is 2.02. The van der Waals surface area contributed by atoms with E-state index in [1.807, 2.05) is 26.0 Å². The molecule has 2 saturated heterocycles. The lowest BCUT2D eigenvalue weighted by Crippen LogP contribution is -3.04. The summed E-state index contributed by atoms with van der Waals surface area (Å²) in [5.41, 5.74) is 1.03. The number of carbonyl (C=O) groups excluding carboxylic acids is 1. The Labute approximate surface area is 169 Å². The van der Waals surface area contributed by atoms with Gasteiger partial charge in [-0.2, -0.15) is 0 Å². The summed E-state index contributed by atoms with van der Waals surface area (Å²) in [7, 11) is -3.60. The third kappa shape index (κ3) is 3.50. The quantitative estimate of drug-likeness (QED) is 0.773. The molecule has 0 saturated carbocycles. The molecule has 156 valence electrons. The minimum atomic E-state index is -3.60. The van der Waals surface area contributed by atoms with Crippen LogP contribution < -0.4 is 5.23 Å². The normalized spacial score (nSPS) is 28.3. The molecular weight excluding hydrogens is 375 g/mol. The first-order valence-corrected chi connectivity index (χ1v) is 11.7. The van der Waals surface area contributed by atoms with Crippen LogP contribution in [0, 0.1) is 18.8 Å². The van der Waals surface area contributed by atoms with Crippen molar-refractivity contribution in [2.24, 2.45) is 11.8 Å². The number of carbonyl (C=O) groups is 1. The van der Waals surface area contributed by atoms with Crippen molar-refractivity contribution in [3.05, 3.63) is 29.8 Å². The molecule has 0 unspecified atom stereocenters. The Morgan fingerprint density at radius 3 is 1.96 bits per heavy atom. The number of hydrogen-bond donors (Lipinski definition) is 1. The maximum Gasteiger partial charge on any atom is 0.393 e. The predicted molar refractivity (Wildman–Crippen MR) is 110 cm³/mol. The molecule has 3 atom stereocenters. The summed E-state index contributed by atoms with van der Waals surface area (Å²) >= 11 is 0. The van der Waals surface area contributed by atoms with E-state index in [9.17, 15) is 13.2 Å². The first kappa shape index (κ1) is 21.3. The second-order valence-electron chi connectivity index (χ2n) is 9.35. The van der Waals surface area contributed by atoms with E-state index in [4.69, 9.17) is 4.65 Å². The molecule has 0 aliphatic carbocycles. The Hall–Kier alpha value is -1.38. The van der Waals surface area contributed by atoms with Gasteiger partial charge in [-0.15, -0.1) is 0 Å². The van der Waals surface area contributed by atoms with E-state index in [2.05, 4.69) is 32.9 Å². The molecule has 0 bridgehead atoms. The van der Waals surface area contributed by atoms with Crippen molar-refractivity contribution in [1.82, 2.24) is 4.31 Å². The molecule has 3 rings (SSSR count). The molecule has 0 aromatic heterocycles. The number of hydrogen-bond acceptors (Lipinski definition) is 4. The van der Waals surface area contributed by atoms with Crippen molar-refractivity contribution in [2.75, 3.05) is 13.1 Å². The predicted octanol–water partition coefficient (Wildman–Crippen LogP) is 2.00. The number of nitrogens with two attached hydrogens (primary N) is 1. The van der Waals surface area contributed by atoms with Gasteiger partial charge in [-0.05, 0) is 39.1 Å². The minimum Gasteiger partial charge on any atom is -0.634 e. The molecular formula is C20H33BN2O4S. The molecule has 1 aromatic rings. The standard InChI is InChI=1S/C20H33BN2O4S/c1-13(2)18-11-23(28(25,26)17-9-7-15(5)8-10-17)12-19(14(3)4)21(18)22-16(6)20(24)27-21/h7-10,13-14,16,18-19H,11-12,22H2,1-6H3/t16-,18-,19-/m0/s1. The van der Waals surface area contributed by atoms with Crippen LogP contribution in [0.5, 0.6) is 0 Å². The average Bonchev–Trinajstić information content (AvgIpc) is 2.89. The van der Waals surface area contributed by atoms with E-state index in [0.29, 0.717) is 18.0 Å². The fourth-order valence-electron chi connectivity index (χ4n) is 5.21. The van der Waals surface area contributed by atoms with Crippen molar-refractivity contribution in [3.63, 3.8) is 0 Å². The number of nitrogens with zero attached hydrogens (tertiary/aromatic N) is 1. The maximum absolute atomic E-state index is 13.4. The molecule has 1 spiro atoms. The summed E-state index contributed by atoms with van der Waals surface area (Å²) in [5.74, 6) is 0.190. The van der Waals surface area contributed by atoms with Gasteiger partial charge in [-0.25, -0.2) is 12.7 Å². The number of benzene rings is 1. The molecule has 1 aromatic carbocycles. The highest BCUT2D eigenvalue weighted by Gasteiger charge is 2.61. The summed E-state index contributed by atoms with van der Waals surface area (Å²) in [6.45, 7) is 11.4. The van der Waals surface area contributed by atoms with Crippen molar-refractivity contribution in [1.29, 1.82) is 0 Å². The summed E-state index contributed by atoms with van der Waals surface area (Å²) in [4.78, 5) is 12.7. The fourth-order valence-corrected chi connectivity index (χ4v) is 6.72. The highest BCUT2D eigenvalue weighted by molar-refractivity contribution is 7.89. The molecule has 0 radical (unpaired) electrons. The van der Waals surface area contributed by atoms with Crippen LogP contribution in [0.2, 0.25) is 11.6 Å². The maximum atomic E-state index is 13.4. The fraction of sp³-hybridized carbons (Fsp3) is 0.650.